The monoisotopic (exact) mass is 319 g/mol. The standard InChI is InChI=1S/C17H22FN3O2/c1-12-5-6-14(18)15(9-12)21-11-19-10-13(21)7-8-20-16(22)23-17(2,3)4/h5-6,9-11H,7-8H2,1-4H3,(H,20,22). The average Bonchev–Trinajstić information content (AvgIpc) is 2.88. The van der Waals surface area contributed by atoms with E-state index < -0.39 is 11.7 Å². The molecule has 0 aliphatic rings. The van der Waals surface area contributed by atoms with Gasteiger partial charge in [-0.2, -0.15) is 0 Å². The van der Waals surface area contributed by atoms with E-state index in [2.05, 4.69) is 10.3 Å². The van der Waals surface area contributed by atoms with E-state index >= 15 is 0 Å². The second-order valence-electron chi connectivity index (χ2n) is 6.39. The number of nitrogens with one attached hydrogen (secondary N) is 1. The van der Waals surface area contributed by atoms with Gasteiger partial charge < -0.3 is 14.6 Å². The van der Waals surface area contributed by atoms with Crippen LogP contribution in [0.1, 0.15) is 32.0 Å². The van der Waals surface area contributed by atoms with Crippen molar-refractivity contribution < 1.29 is 13.9 Å². The molecular weight excluding hydrogens is 297 g/mol. The van der Waals surface area contributed by atoms with Gasteiger partial charge in [0.15, 0.2) is 0 Å². The maximum absolute atomic E-state index is 14.0. The number of aryl methyl sites for hydroxylation is 1. The van der Waals surface area contributed by atoms with Gasteiger partial charge in [0.25, 0.3) is 0 Å². The summed E-state index contributed by atoms with van der Waals surface area (Å²) >= 11 is 0. The molecule has 0 aliphatic carbocycles. The molecule has 0 saturated carbocycles. The Hall–Kier alpha value is -2.37. The van der Waals surface area contributed by atoms with E-state index in [0.717, 1.165) is 11.3 Å². The highest BCUT2D eigenvalue weighted by Crippen LogP contribution is 2.17. The van der Waals surface area contributed by atoms with Gasteiger partial charge in [0.2, 0.25) is 0 Å². The number of aromatic nitrogens is 2. The quantitative estimate of drug-likeness (QED) is 0.940. The van der Waals surface area contributed by atoms with Crippen molar-refractivity contribution in [1.82, 2.24) is 14.9 Å². The molecule has 23 heavy (non-hydrogen) atoms. The smallest absolute Gasteiger partial charge is 0.407 e. The lowest BCUT2D eigenvalue weighted by molar-refractivity contribution is 0.0528. The summed E-state index contributed by atoms with van der Waals surface area (Å²) < 4.78 is 20.9. The number of carbonyl (C=O) groups excluding carboxylic acids is 1. The molecule has 2 aromatic rings. The summed E-state index contributed by atoms with van der Waals surface area (Å²) in [4.78, 5) is 15.7. The number of nitrogens with zero attached hydrogens (tertiary/aromatic N) is 2. The van der Waals surface area contributed by atoms with Gasteiger partial charge in [0.05, 0.1) is 12.0 Å². The van der Waals surface area contributed by atoms with Crippen LogP contribution in [0.5, 0.6) is 0 Å². The molecule has 0 spiro atoms. The lowest BCUT2D eigenvalue weighted by atomic mass is 10.2. The van der Waals surface area contributed by atoms with Crippen LogP contribution in [0.25, 0.3) is 5.69 Å². The molecule has 0 bridgehead atoms. The van der Waals surface area contributed by atoms with Gasteiger partial charge in [-0.05, 0) is 45.4 Å². The van der Waals surface area contributed by atoms with E-state index in [9.17, 15) is 9.18 Å². The number of ether oxygens (including phenoxy) is 1. The van der Waals surface area contributed by atoms with Crippen LogP contribution in [-0.4, -0.2) is 27.8 Å². The highest BCUT2D eigenvalue weighted by molar-refractivity contribution is 5.67. The number of imidazole rings is 1. The van der Waals surface area contributed by atoms with Gasteiger partial charge in [0, 0.05) is 24.9 Å². The minimum absolute atomic E-state index is 0.310. The SMILES string of the molecule is Cc1ccc(F)c(-n2cncc2CCNC(=O)OC(C)(C)C)c1. The molecule has 5 nitrogen and oxygen atoms in total. The second kappa shape index (κ2) is 6.81. The van der Waals surface area contributed by atoms with Crippen molar-refractivity contribution in [2.24, 2.45) is 0 Å². The fourth-order valence-electron chi connectivity index (χ4n) is 2.14. The molecule has 0 radical (unpaired) electrons. The lowest BCUT2D eigenvalue weighted by Crippen LogP contribution is -2.33. The molecule has 1 aromatic carbocycles. The molecule has 1 aromatic heterocycles. The first-order valence-corrected chi connectivity index (χ1v) is 7.51. The summed E-state index contributed by atoms with van der Waals surface area (Å²) in [6.07, 6.45) is 3.29. The van der Waals surface area contributed by atoms with Crippen LogP contribution in [-0.2, 0) is 11.2 Å². The van der Waals surface area contributed by atoms with Crippen LogP contribution >= 0.6 is 0 Å². The first kappa shape index (κ1) is 17.0. The van der Waals surface area contributed by atoms with Crippen molar-refractivity contribution >= 4 is 6.09 Å². The summed E-state index contributed by atoms with van der Waals surface area (Å²) in [5.74, 6) is -0.310. The first-order valence-electron chi connectivity index (χ1n) is 7.51. The van der Waals surface area contributed by atoms with Crippen LogP contribution in [0.4, 0.5) is 9.18 Å². The molecule has 0 atom stereocenters. The Morgan fingerprint density at radius 2 is 2.13 bits per heavy atom. The minimum Gasteiger partial charge on any atom is -0.444 e. The van der Waals surface area contributed by atoms with E-state index in [-0.39, 0.29) is 5.82 Å². The molecule has 0 unspecified atom stereocenters. The summed E-state index contributed by atoms with van der Waals surface area (Å²) in [7, 11) is 0. The van der Waals surface area contributed by atoms with Gasteiger partial charge in [-0.1, -0.05) is 6.07 Å². The Morgan fingerprint density at radius 1 is 1.39 bits per heavy atom. The number of rotatable bonds is 4. The molecule has 0 fully saturated rings. The highest BCUT2D eigenvalue weighted by Gasteiger charge is 2.16. The van der Waals surface area contributed by atoms with Crippen molar-refractivity contribution in [2.75, 3.05) is 6.54 Å². The van der Waals surface area contributed by atoms with E-state index in [1.165, 1.54) is 6.07 Å². The van der Waals surface area contributed by atoms with Crippen molar-refractivity contribution in [3.05, 3.63) is 47.8 Å². The number of hydrogen-bond donors (Lipinski definition) is 1. The van der Waals surface area contributed by atoms with Crippen molar-refractivity contribution in [2.45, 2.75) is 39.7 Å². The zero-order valence-corrected chi connectivity index (χ0v) is 13.9. The zero-order chi connectivity index (χ0) is 17.0. The number of carbonyl (C=O) groups is 1. The third-order valence-corrected chi connectivity index (χ3v) is 3.13. The number of alkyl carbamates (subject to hydrolysis) is 1. The number of benzene rings is 1. The molecule has 1 amide bonds. The molecule has 1 heterocycles. The summed E-state index contributed by atoms with van der Waals surface area (Å²) in [6.45, 7) is 7.71. The third kappa shape index (κ3) is 4.81. The van der Waals surface area contributed by atoms with Crippen molar-refractivity contribution in [3.8, 4) is 5.69 Å². The zero-order valence-electron chi connectivity index (χ0n) is 13.9. The largest absolute Gasteiger partial charge is 0.444 e. The summed E-state index contributed by atoms with van der Waals surface area (Å²) in [6, 6.07) is 4.93. The second-order valence-corrected chi connectivity index (χ2v) is 6.39. The van der Waals surface area contributed by atoms with Crippen molar-refractivity contribution in [3.63, 3.8) is 0 Å². The first-order chi connectivity index (χ1) is 10.8. The van der Waals surface area contributed by atoms with Gasteiger partial charge in [0.1, 0.15) is 11.4 Å². The summed E-state index contributed by atoms with van der Waals surface area (Å²) in [5.41, 5.74) is 1.70. The van der Waals surface area contributed by atoms with E-state index in [1.807, 2.05) is 27.7 Å². The van der Waals surface area contributed by atoms with E-state index in [4.69, 9.17) is 4.74 Å². The Morgan fingerprint density at radius 3 is 2.83 bits per heavy atom. The molecular formula is C17H22FN3O2. The minimum atomic E-state index is -0.531. The topological polar surface area (TPSA) is 56.2 Å². The molecule has 0 aliphatic heterocycles. The van der Waals surface area contributed by atoms with E-state index in [1.54, 1.807) is 29.2 Å². The predicted molar refractivity (Wildman–Crippen MR) is 86.2 cm³/mol. The Balaban J connectivity index is 2.02. The summed E-state index contributed by atoms with van der Waals surface area (Å²) in [5, 5.41) is 2.69. The highest BCUT2D eigenvalue weighted by atomic mass is 19.1. The van der Waals surface area contributed by atoms with Crippen LogP contribution in [0, 0.1) is 12.7 Å². The van der Waals surface area contributed by atoms with Crippen LogP contribution < -0.4 is 5.32 Å². The molecule has 124 valence electrons. The Bertz CT molecular complexity index is 689. The Labute approximate surface area is 135 Å². The van der Waals surface area contributed by atoms with Crippen molar-refractivity contribution in [1.29, 1.82) is 0 Å². The van der Waals surface area contributed by atoms with Gasteiger partial charge >= 0.3 is 6.09 Å². The molecule has 1 N–H and O–H groups in total. The van der Waals surface area contributed by atoms with Gasteiger partial charge in [-0.3, -0.25) is 0 Å². The molecule has 0 saturated heterocycles. The van der Waals surface area contributed by atoms with E-state index in [0.29, 0.717) is 18.7 Å². The maximum Gasteiger partial charge on any atom is 0.407 e. The molecule has 2 rings (SSSR count). The molecule has 6 heteroatoms. The van der Waals surface area contributed by atoms with Crippen LogP contribution in [0.2, 0.25) is 0 Å². The fraction of sp³-hybridized carbons (Fsp3) is 0.412. The number of amides is 1. The fourth-order valence-corrected chi connectivity index (χ4v) is 2.14. The number of halogens is 1. The normalized spacial score (nSPS) is 11.3. The predicted octanol–water partition coefficient (Wildman–Crippen LogP) is 3.39. The van der Waals surface area contributed by atoms with Gasteiger partial charge in [-0.15, -0.1) is 0 Å². The third-order valence-electron chi connectivity index (χ3n) is 3.13. The lowest BCUT2D eigenvalue weighted by Gasteiger charge is -2.19. The van der Waals surface area contributed by atoms with Crippen LogP contribution in [0.15, 0.2) is 30.7 Å². The van der Waals surface area contributed by atoms with Crippen LogP contribution in [0.3, 0.4) is 0 Å². The number of hydrogen-bond acceptors (Lipinski definition) is 3. The Kier molecular flexibility index (Phi) is 5.03. The average molecular weight is 319 g/mol. The maximum atomic E-state index is 14.0. The van der Waals surface area contributed by atoms with Gasteiger partial charge in [-0.25, -0.2) is 14.2 Å².